The minimum Gasteiger partial charge on any atom is -0.368 e. The number of nitrogens with one attached hydrogen (secondary N) is 3. The molecule has 0 aromatic carbocycles. The second-order valence-corrected chi connectivity index (χ2v) is 19.1. The van der Waals surface area contributed by atoms with Crippen molar-refractivity contribution in [2.45, 2.75) is 110 Å². The minimum absolute atomic E-state index is 0.00103. The van der Waals surface area contributed by atoms with Gasteiger partial charge in [-0.2, -0.15) is 13.2 Å². The normalized spacial score (nSPS) is 21.7. The fraction of sp³-hybridized carbons (Fsp3) is 0.674. The maximum Gasteiger partial charge on any atom is 0.471 e. The Morgan fingerprint density at radius 2 is 1.00 bits per heavy atom. The molecule has 5 amide bonds. The number of pyridine rings is 2. The molecular weight excluding hydrogens is 830 g/mol. The molecule has 354 valence electrons. The molecule has 2 aromatic heterocycles. The van der Waals surface area contributed by atoms with Gasteiger partial charge in [0.25, 0.3) is 0 Å². The van der Waals surface area contributed by atoms with Crippen LogP contribution in [-0.4, -0.2) is 132 Å². The van der Waals surface area contributed by atoms with Crippen molar-refractivity contribution in [1.82, 2.24) is 35.7 Å². The van der Waals surface area contributed by atoms with Crippen molar-refractivity contribution >= 4 is 41.2 Å². The highest BCUT2D eigenvalue weighted by atomic mass is 19.4. The molecule has 0 unspecified atom stereocenters. The number of anilines is 2. The summed E-state index contributed by atoms with van der Waals surface area (Å²) in [6.07, 6.45) is 10.3. The summed E-state index contributed by atoms with van der Waals surface area (Å²) in [6, 6.07) is 7.85. The molecule has 3 N–H and O–H groups in total. The molecule has 2 aliphatic heterocycles. The first-order chi connectivity index (χ1) is 30.2. The Morgan fingerprint density at radius 3 is 1.31 bits per heavy atom. The molecule has 4 fully saturated rings. The van der Waals surface area contributed by atoms with Gasteiger partial charge in [0.1, 0.15) is 0 Å². The highest BCUT2D eigenvalue weighted by Gasteiger charge is 2.39. The van der Waals surface area contributed by atoms with Gasteiger partial charge in [0, 0.05) is 119 Å². The van der Waals surface area contributed by atoms with E-state index in [4.69, 9.17) is 0 Å². The van der Waals surface area contributed by atoms with E-state index in [2.05, 4.69) is 35.4 Å². The number of halogens is 3. The van der Waals surface area contributed by atoms with Crippen LogP contribution in [0.3, 0.4) is 0 Å². The van der Waals surface area contributed by atoms with Crippen LogP contribution < -0.4 is 25.8 Å². The van der Waals surface area contributed by atoms with Gasteiger partial charge in [-0.15, -0.1) is 0 Å². The summed E-state index contributed by atoms with van der Waals surface area (Å²) in [5.41, 5.74) is 1.80. The molecule has 0 spiro atoms. The molecule has 2 aromatic rings. The number of aromatic nitrogens is 2. The molecule has 0 atom stereocenters. The largest absolute Gasteiger partial charge is 0.471 e. The number of carbonyl (C=O) groups excluding carboxylic acids is 5. The first-order valence-electron chi connectivity index (χ1n) is 22.6. The Labute approximate surface area is 376 Å². The summed E-state index contributed by atoms with van der Waals surface area (Å²) >= 11 is 0. The smallest absolute Gasteiger partial charge is 0.368 e. The van der Waals surface area contributed by atoms with Crippen molar-refractivity contribution < 1.29 is 37.1 Å². The molecule has 4 heterocycles. The zero-order valence-corrected chi connectivity index (χ0v) is 38.5. The van der Waals surface area contributed by atoms with Gasteiger partial charge in [0.05, 0.1) is 5.54 Å². The number of nitrogens with zero attached hydrogens (tertiary/aromatic N) is 7. The van der Waals surface area contributed by atoms with E-state index < -0.39 is 12.1 Å². The summed E-state index contributed by atoms with van der Waals surface area (Å²) in [4.78, 5) is 78.1. The lowest BCUT2D eigenvalue weighted by molar-refractivity contribution is -0.173. The summed E-state index contributed by atoms with van der Waals surface area (Å²) in [6.45, 7) is 18.4. The van der Waals surface area contributed by atoms with Crippen LogP contribution in [0.15, 0.2) is 54.0 Å². The zero-order valence-electron chi connectivity index (χ0n) is 38.5. The van der Waals surface area contributed by atoms with E-state index in [1.807, 2.05) is 93.3 Å². The average molecular weight is 899 g/mol. The van der Waals surface area contributed by atoms with Crippen molar-refractivity contribution in [3.8, 4) is 0 Å². The number of alkyl halides is 3. The number of urea groups is 1. The SMILES string of the molecule is CC(C)(C)N=C=O.CC(C)(C)NC(=O)NCC1CCC(C(=O)N2CCN(c3ccncc3)CC2)CC1.O=C(C1CCC(CNC(=O)C(F)(F)F)CC1)N1CCN(c2ccncc2)CC1. The molecule has 2 aliphatic carbocycles. The lowest BCUT2D eigenvalue weighted by Crippen LogP contribution is -2.51. The van der Waals surface area contributed by atoms with E-state index in [0.717, 1.165) is 70.6 Å². The molecule has 2 saturated carbocycles. The standard InChI is InChI=1S/C22H35N5O2.C19H25F3N4O2.C5H9NO/c1-22(2,3)25-21(29)24-16-17-4-6-18(7-5-17)20(28)27-14-12-26(13-15-27)19-8-10-23-11-9-19;20-19(21,22)18(28)24-13-14-1-3-15(4-2-14)17(27)26-11-9-25(10-12-26)16-5-7-23-8-6-16;1-5(2,3)6-4-7/h8-11,17-18H,4-7,12-16H2,1-3H3,(H2,24,25,29);5-8,14-15H,1-4,9-13H2,(H,24,28);1-3H3. The number of amides is 5. The number of isocyanates is 1. The van der Waals surface area contributed by atoms with E-state index in [1.165, 1.54) is 11.8 Å². The second-order valence-electron chi connectivity index (χ2n) is 19.1. The summed E-state index contributed by atoms with van der Waals surface area (Å²) in [5, 5.41) is 7.86. The van der Waals surface area contributed by atoms with Crippen LogP contribution in [-0.2, 0) is 19.2 Å². The number of hydrogen-bond donors (Lipinski definition) is 3. The maximum atomic E-state index is 12.9. The Morgan fingerprint density at radius 1 is 0.625 bits per heavy atom. The zero-order chi connectivity index (χ0) is 46.9. The maximum absolute atomic E-state index is 12.9. The molecule has 2 saturated heterocycles. The number of aliphatic imine (C=N–C) groups is 1. The van der Waals surface area contributed by atoms with Gasteiger partial charge in [-0.05, 0) is 129 Å². The van der Waals surface area contributed by atoms with Crippen LogP contribution >= 0.6 is 0 Å². The number of rotatable bonds is 8. The van der Waals surface area contributed by atoms with Gasteiger partial charge in [0.2, 0.25) is 17.9 Å². The van der Waals surface area contributed by atoms with Crippen molar-refractivity contribution in [1.29, 1.82) is 0 Å². The third-order valence-corrected chi connectivity index (χ3v) is 11.9. The van der Waals surface area contributed by atoms with Gasteiger partial charge in [-0.1, -0.05) is 0 Å². The lowest BCUT2D eigenvalue weighted by Gasteiger charge is -2.38. The van der Waals surface area contributed by atoms with Crippen molar-refractivity contribution in [2.24, 2.45) is 28.7 Å². The Balaban J connectivity index is 0.000000244. The summed E-state index contributed by atoms with van der Waals surface area (Å²) in [5.74, 6) is -0.891. The van der Waals surface area contributed by atoms with Crippen LogP contribution in [0.4, 0.5) is 29.3 Å². The van der Waals surface area contributed by atoms with Crippen LogP contribution in [0, 0.1) is 23.7 Å². The quantitative estimate of drug-likeness (QED) is 0.213. The van der Waals surface area contributed by atoms with Crippen molar-refractivity contribution in [3.63, 3.8) is 0 Å². The first kappa shape index (κ1) is 51.4. The monoisotopic (exact) mass is 899 g/mol. The fourth-order valence-electron chi connectivity index (χ4n) is 8.32. The average Bonchev–Trinajstić information content (AvgIpc) is 3.27. The van der Waals surface area contributed by atoms with E-state index in [-0.39, 0.29) is 47.3 Å². The van der Waals surface area contributed by atoms with Crippen molar-refractivity contribution in [3.05, 3.63) is 49.1 Å². The van der Waals surface area contributed by atoms with Crippen LogP contribution in [0.25, 0.3) is 0 Å². The Hall–Kier alpha value is -5.25. The Kier molecular flexibility index (Phi) is 19.4. The van der Waals surface area contributed by atoms with Crippen molar-refractivity contribution in [2.75, 3.05) is 75.2 Å². The second kappa shape index (κ2) is 24.2. The molecular formula is C46H69F3N10O5. The van der Waals surface area contributed by atoms with Gasteiger partial charge >= 0.3 is 18.1 Å². The summed E-state index contributed by atoms with van der Waals surface area (Å²) in [7, 11) is 0. The third kappa shape index (κ3) is 17.7. The highest BCUT2D eigenvalue weighted by Crippen LogP contribution is 2.32. The molecule has 4 aliphatic rings. The summed E-state index contributed by atoms with van der Waals surface area (Å²) < 4.78 is 36.7. The third-order valence-electron chi connectivity index (χ3n) is 11.9. The van der Waals surface area contributed by atoms with Crippen LogP contribution in [0.5, 0.6) is 0 Å². The number of hydrogen-bond acceptors (Lipinski definition) is 10. The van der Waals surface area contributed by atoms with Gasteiger partial charge in [0.15, 0.2) is 0 Å². The van der Waals surface area contributed by atoms with E-state index >= 15 is 0 Å². The highest BCUT2D eigenvalue weighted by molar-refractivity contribution is 5.82. The predicted octanol–water partition coefficient (Wildman–Crippen LogP) is 5.97. The number of carbonyl (C=O) groups is 4. The molecule has 0 bridgehead atoms. The molecule has 18 heteroatoms. The van der Waals surface area contributed by atoms with Crippen LogP contribution in [0.2, 0.25) is 0 Å². The van der Waals surface area contributed by atoms with E-state index in [0.29, 0.717) is 57.1 Å². The molecule has 64 heavy (non-hydrogen) atoms. The molecule has 15 nitrogen and oxygen atoms in total. The number of piperazine rings is 2. The fourth-order valence-corrected chi connectivity index (χ4v) is 8.32. The predicted molar refractivity (Wildman–Crippen MR) is 240 cm³/mol. The van der Waals surface area contributed by atoms with Crippen LogP contribution in [0.1, 0.15) is 92.9 Å². The van der Waals surface area contributed by atoms with E-state index in [9.17, 15) is 37.1 Å². The minimum atomic E-state index is -4.84. The molecule has 0 radical (unpaired) electrons. The van der Waals surface area contributed by atoms with Gasteiger partial charge in [-0.3, -0.25) is 24.4 Å². The molecule has 6 rings (SSSR count). The Bertz CT molecular complexity index is 1800. The van der Waals surface area contributed by atoms with Gasteiger partial charge < -0.3 is 35.6 Å². The lowest BCUT2D eigenvalue weighted by atomic mass is 9.81. The van der Waals surface area contributed by atoms with E-state index in [1.54, 1.807) is 12.4 Å². The first-order valence-corrected chi connectivity index (χ1v) is 22.6. The topological polar surface area (TPSA) is 173 Å². The van der Waals surface area contributed by atoms with Gasteiger partial charge in [-0.25, -0.2) is 14.6 Å².